The number of amides is 1. The first-order chi connectivity index (χ1) is 19.5. The fraction of sp³-hybridized carbons (Fsp3) is 0.370. The van der Waals surface area contributed by atoms with Crippen molar-refractivity contribution in [2.24, 2.45) is 0 Å². The molecule has 0 aliphatic carbocycles. The monoisotopic (exact) mass is 601 g/mol. The number of alkyl halides is 6. The van der Waals surface area contributed by atoms with Gasteiger partial charge in [0.05, 0.1) is 29.6 Å². The number of halogens is 7. The number of carbonyl (C=O) groups excluding carboxylic acids is 1. The van der Waals surface area contributed by atoms with Crippen molar-refractivity contribution in [2.45, 2.75) is 38.3 Å². The Balaban J connectivity index is 1.88. The average molecular weight is 602 g/mol. The molecule has 1 saturated heterocycles. The maximum atomic E-state index is 15.7. The minimum Gasteiger partial charge on any atom is -0.481 e. The number of pyridine rings is 2. The third kappa shape index (κ3) is 6.35. The Bertz CT molecular complexity index is 1540. The zero-order valence-electron chi connectivity index (χ0n) is 22.7. The van der Waals surface area contributed by atoms with Crippen molar-refractivity contribution in [1.29, 1.82) is 0 Å². The summed E-state index contributed by atoms with van der Waals surface area (Å²) in [5, 5.41) is 2.36. The number of H-pyrrole nitrogens is 1. The fourth-order valence-corrected chi connectivity index (χ4v) is 4.74. The number of aromatic amines is 1. The molecule has 226 valence electrons. The molecule has 2 N–H and O–H groups in total. The van der Waals surface area contributed by atoms with Gasteiger partial charge < -0.3 is 19.9 Å². The minimum absolute atomic E-state index is 0.0464. The number of piperazine rings is 1. The SMILES string of the molecule is COc1cc(-c2cc(NC(=O)c3c[nH]c(=O)cc3C(F)(F)F)c(N3CC(C)N(C)C(C)C3)cc2F)cc(C(F)(F)F)n1. The summed E-state index contributed by atoms with van der Waals surface area (Å²) in [5.41, 5.74) is -5.61. The van der Waals surface area contributed by atoms with Crippen molar-refractivity contribution in [2.75, 3.05) is 37.5 Å². The van der Waals surface area contributed by atoms with Crippen LogP contribution in [-0.2, 0) is 12.4 Å². The Morgan fingerprint density at radius 3 is 2.24 bits per heavy atom. The molecule has 1 aliphatic rings. The summed E-state index contributed by atoms with van der Waals surface area (Å²) < 4.78 is 102. The standard InChI is InChI=1S/C27H26F7N5O3/c1-13-11-39(12-14(2)38(13)3)21-9-19(28)16(15-5-22(27(32,33)34)37-24(6-15)42-4)7-20(21)36-25(41)17-10-35-23(40)8-18(17)26(29,30)31/h5-10,13-14H,11-12H2,1-4H3,(H,35,40)(H,36,41). The topological polar surface area (TPSA) is 90.6 Å². The zero-order chi connectivity index (χ0) is 31.1. The number of benzene rings is 1. The van der Waals surface area contributed by atoms with Gasteiger partial charge in [0.15, 0.2) is 0 Å². The molecule has 2 unspecified atom stereocenters. The second-order valence-electron chi connectivity index (χ2n) is 9.98. The summed E-state index contributed by atoms with van der Waals surface area (Å²) in [4.78, 5) is 33.9. The van der Waals surface area contributed by atoms with Crippen molar-refractivity contribution in [3.05, 3.63) is 69.5 Å². The predicted octanol–water partition coefficient (Wildman–Crippen LogP) is 5.40. The van der Waals surface area contributed by atoms with E-state index >= 15 is 4.39 Å². The molecule has 3 heterocycles. The summed E-state index contributed by atoms with van der Waals surface area (Å²) in [6.45, 7) is 4.50. The second kappa shape index (κ2) is 11.3. The molecule has 0 saturated carbocycles. The number of carbonyl (C=O) groups is 1. The highest BCUT2D eigenvalue weighted by Crippen LogP contribution is 2.39. The molecule has 1 fully saturated rings. The van der Waals surface area contributed by atoms with Crippen LogP contribution in [0.25, 0.3) is 11.1 Å². The van der Waals surface area contributed by atoms with Crippen molar-refractivity contribution in [3.63, 3.8) is 0 Å². The number of hydrogen-bond acceptors (Lipinski definition) is 6. The van der Waals surface area contributed by atoms with E-state index in [1.807, 2.05) is 25.9 Å². The van der Waals surface area contributed by atoms with Crippen LogP contribution < -0.4 is 20.5 Å². The minimum atomic E-state index is -5.05. The Kier molecular flexibility index (Phi) is 8.27. The molecule has 2 aromatic heterocycles. The number of nitrogens with one attached hydrogen (secondary N) is 2. The lowest BCUT2D eigenvalue weighted by Crippen LogP contribution is -2.55. The first-order valence-corrected chi connectivity index (χ1v) is 12.5. The highest BCUT2D eigenvalue weighted by atomic mass is 19.4. The summed E-state index contributed by atoms with van der Waals surface area (Å²) in [5.74, 6) is -2.70. The predicted molar refractivity (Wildman–Crippen MR) is 140 cm³/mol. The number of nitrogens with zero attached hydrogens (tertiary/aromatic N) is 3. The molecular formula is C27H26F7N5O3. The van der Waals surface area contributed by atoms with Crippen LogP contribution in [0, 0.1) is 5.82 Å². The summed E-state index contributed by atoms with van der Waals surface area (Å²) in [6, 6.07) is 3.85. The number of aromatic nitrogens is 2. The van der Waals surface area contributed by atoms with E-state index in [1.54, 1.807) is 4.90 Å². The largest absolute Gasteiger partial charge is 0.481 e. The molecule has 0 radical (unpaired) electrons. The van der Waals surface area contributed by atoms with Gasteiger partial charge in [-0.25, -0.2) is 9.37 Å². The molecule has 1 amide bonds. The van der Waals surface area contributed by atoms with E-state index in [0.717, 1.165) is 25.3 Å². The maximum absolute atomic E-state index is 15.7. The van der Waals surface area contributed by atoms with E-state index in [2.05, 4.69) is 15.2 Å². The van der Waals surface area contributed by atoms with Crippen LogP contribution in [0.3, 0.4) is 0 Å². The lowest BCUT2D eigenvalue weighted by atomic mass is 10.0. The van der Waals surface area contributed by atoms with Crippen LogP contribution in [0.1, 0.15) is 35.5 Å². The molecule has 1 aliphatic heterocycles. The van der Waals surface area contributed by atoms with Gasteiger partial charge in [0.2, 0.25) is 11.4 Å². The van der Waals surface area contributed by atoms with E-state index in [4.69, 9.17) is 4.74 Å². The van der Waals surface area contributed by atoms with Gasteiger partial charge in [0, 0.05) is 49.1 Å². The number of anilines is 2. The third-order valence-corrected chi connectivity index (χ3v) is 7.12. The first-order valence-electron chi connectivity index (χ1n) is 12.5. The molecule has 4 rings (SSSR count). The van der Waals surface area contributed by atoms with E-state index < -0.39 is 57.9 Å². The van der Waals surface area contributed by atoms with Crippen molar-refractivity contribution in [1.82, 2.24) is 14.9 Å². The van der Waals surface area contributed by atoms with Crippen molar-refractivity contribution in [3.8, 4) is 17.0 Å². The quantitative estimate of drug-likeness (QED) is 0.381. The third-order valence-electron chi connectivity index (χ3n) is 7.12. The summed E-state index contributed by atoms with van der Waals surface area (Å²) in [6.07, 6.45) is -9.35. The molecule has 15 heteroatoms. The molecule has 0 spiro atoms. The Morgan fingerprint density at radius 2 is 1.67 bits per heavy atom. The van der Waals surface area contributed by atoms with Crippen LogP contribution >= 0.6 is 0 Å². The molecule has 2 atom stereocenters. The number of likely N-dealkylation sites (N-methyl/N-ethyl adjacent to an activating group) is 1. The Labute approximate surface area is 235 Å². The van der Waals surface area contributed by atoms with Gasteiger partial charge in [0.25, 0.3) is 5.91 Å². The molecule has 3 aromatic rings. The van der Waals surface area contributed by atoms with Gasteiger partial charge in [-0.1, -0.05) is 0 Å². The summed E-state index contributed by atoms with van der Waals surface area (Å²) >= 11 is 0. The van der Waals surface area contributed by atoms with Gasteiger partial charge >= 0.3 is 12.4 Å². The van der Waals surface area contributed by atoms with Gasteiger partial charge in [-0.2, -0.15) is 26.3 Å². The lowest BCUT2D eigenvalue weighted by Gasteiger charge is -2.44. The average Bonchev–Trinajstić information content (AvgIpc) is 2.90. The molecular weight excluding hydrogens is 575 g/mol. The van der Waals surface area contributed by atoms with Gasteiger partial charge in [0.1, 0.15) is 11.5 Å². The normalized spacial score (nSPS) is 18.2. The van der Waals surface area contributed by atoms with Gasteiger partial charge in [-0.15, -0.1) is 0 Å². The lowest BCUT2D eigenvalue weighted by molar-refractivity contribution is -0.141. The van der Waals surface area contributed by atoms with Crippen LogP contribution in [0.2, 0.25) is 0 Å². The van der Waals surface area contributed by atoms with E-state index in [9.17, 15) is 35.9 Å². The number of ether oxygens (including phenoxy) is 1. The highest BCUT2D eigenvalue weighted by Gasteiger charge is 2.37. The van der Waals surface area contributed by atoms with Gasteiger partial charge in [-0.05, 0) is 44.7 Å². The first kappa shape index (κ1) is 30.8. The molecule has 8 nitrogen and oxygen atoms in total. The van der Waals surface area contributed by atoms with Crippen LogP contribution in [0.4, 0.5) is 42.1 Å². The maximum Gasteiger partial charge on any atom is 0.433 e. The summed E-state index contributed by atoms with van der Waals surface area (Å²) in [7, 11) is 2.97. The Hall–Kier alpha value is -4.14. The van der Waals surface area contributed by atoms with E-state index in [0.29, 0.717) is 25.4 Å². The Morgan fingerprint density at radius 1 is 1.02 bits per heavy atom. The van der Waals surface area contributed by atoms with Crippen LogP contribution in [0.5, 0.6) is 5.88 Å². The highest BCUT2D eigenvalue weighted by molar-refractivity contribution is 6.07. The van der Waals surface area contributed by atoms with Crippen LogP contribution in [-0.4, -0.2) is 60.1 Å². The van der Waals surface area contributed by atoms with Gasteiger partial charge in [-0.3, -0.25) is 14.5 Å². The van der Waals surface area contributed by atoms with Crippen molar-refractivity contribution < 1.29 is 40.3 Å². The van der Waals surface area contributed by atoms with Crippen LogP contribution in [0.15, 0.2) is 41.3 Å². The van der Waals surface area contributed by atoms with Crippen molar-refractivity contribution >= 4 is 17.3 Å². The fourth-order valence-electron chi connectivity index (χ4n) is 4.74. The molecule has 1 aromatic carbocycles. The van der Waals surface area contributed by atoms with E-state index in [-0.39, 0.29) is 35.1 Å². The molecule has 0 bridgehead atoms. The van der Waals surface area contributed by atoms with E-state index in [1.165, 1.54) is 0 Å². The number of hydrogen-bond donors (Lipinski definition) is 2. The number of methoxy groups -OCH3 is 1. The zero-order valence-corrected chi connectivity index (χ0v) is 22.7. The number of rotatable bonds is 5. The second-order valence-corrected chi connectivity index (χ2v) is 9.98. The molecule has 42 heavy (non-hydrogen) atoms. The smallest absolute Gasteiger partial charge is 0.433 e.